The second-order valence-electron chi connectivity index (χ2n) is 7.63. The zero-order valence-electron chi connectivity index (χ0n) is 15.6. The van der Waals surface area contributed by atoms with Gasteiger partial charge in [0.05, 0.1) is 10.7 Å². The number of allylic oxidation sites excluding steroid dienone is 4. The van der Waals surface area contributed by atoms with Crippen LogP contribution < -0.4 is 10.7 Å². The molecule has 0 amide bonds. The zero-order chi connectivity index (χ0) is 19.1. The van der Waals surface area contributed by atoms with Gasteiger partial charge in [0.1, 0.15) is 11.6 Å². The first-order chi connectivity index (χ1) is 13.7. The molecular weight excluding hydrogens is 466 g/mol. The minimum Gasteiger partial charge on any atom is -0.346 e. The third-order valence-electron chi connectivity index (χ3n) is 5.92. The number of aromatic amines is 1. The second kappa shape index (κ2) is 7.46. The van der Waals surface area contributed by atoms with Gasteiger partial charge in [-0.05, 0) is 71.2 Å². The van der Waals surface area contributed by atoms with Gasteiger partial charge in [0.2, 0.25) is 0 Å². The third-order valence-corrected chi connectivity index (χ3v) is 6.69. The Morgan fingerprint density at radius 2 is 2.00 bits per heavy atom. The van der Waals surface area contributed by atoms with Gasteiger partial charge in [-0.15, -0.1) is 0 Å². The van der Waals surface area contributed by atoms with Crippen LogP contribution in [0.3, 0.4) is 0 Å². The fourth-order valence-corrected chi connectivity index (χ4v) is 5.44. The Labute approximate surface area is 176 Å². The van der Waals surface area contributed by atoms with Gasteiger partial charge in [-0.1, -0.05) is 25.3 Å². The molecule has 6 heteroatoms. The van der Waals surface area contributed by atoms with Crippen molar-refractivity contribution in [3.63, 3.8) is 0 Å². The van der Waals surface area contributed by atoms with Gasteiger partial charge in [-0.25, -0.2) is 14.4 Å². The molecule has 1 aliphatic heterocycles. The Hall–Kier alpha value is -1.96. The topological polar surface area (TPSA) is 46.0 Å². The Morgan fingerprint density at radius 1 is 1.14 bits per heavy atom. The van der Waals surface area contributed by atoms with E-state index in [1.807, 2.05) is 18.5 Å². The number of hydrogen-bond acceptors (Lipinski definition) is 2. The molecule has 1 fully saturated rings. The molecule has 0 saturated heterocycles. The molecule has 0 atom stereocenters. The van der Waals surface area contributed by atoms with Crippen molar-refractivity contribution in [3.8, 4) is 0 Å². The van der Waals surface area contributed by atoms with Gasteiger partial charge >= 0.3 is 0 Å². The molecule has 2 aromatic rings. The van der Waals surface area contributed by atoms with E-state index in [0.29, 0.717) is 12.5 Å². The lowest BCUT2D eigenvalue weighted by Crippen LogP contribution is -2.37. The van der Waals surface area contributed by atoms with Crippen molar-refractivity contribution < 1.29 is 4.39 Å². The summed E-state index contributed by atoms with van der Waals surface area (Å²) in [6.07, 6.45) is 16.6. The van der Waals surface area contributed by atoms with Gasteiger partial charge in [0.15, 0.2) is 3.83 Å². The quantitative estimate of drug-likeness (QED) is 0.587. The summed E-state index contributed by atoms with van der Waals surface area (Å²) < 4.78 is 17.0. The molecule has 5 rings (SSSR count). The number of hydrogen-bond donors (Lipinski definition) is 1. The van der Waals surface area contributed by atoms with E-state index in [4.69, 9.17) is 4.98 Å². The lowest BCUT2D eigenvalue weighted by atomic mass is 9.94. The van der Waals surface area contributed by atoms with Crippen molar-refractivity contribution in [3.05, 3.63) is 56.4 Å². The molecule has 2 aliphatic carbocycles. The number of H-pyrrole nitrogens is 1. The highest BCUT2D eigenvalue weighted by Gasteiger charge is 2.24. The molecule has 4 nitrogen and oxygen atoms in total. The molecule has 0 radical (unpaired) electrons. The fourth-order valence-electron chi connectivity index (χ4n) is 4.56. The number of imidazole rings is 1. The van der Waals surface area contributed by atoms with E-state index in [-0.39, 0.29) is 5.83 Å². The maximum Gasteiger partial charge on any atom is 0.172 e. The van der Waals surface area contributed by atoms with Gasteiger partial charge in [-0.3, -0.25) is 0 Å². The van der Waals surface area contributed by atoms with E-state index in [1.165, 1.54) is 43.0 Å². The predicted molar refractivity (Wildman–Crippen MR) is 119 cm³/mol. The second-order valence-corrected chi connectivity index (χ2v) is 8.59. The highest BCUT2D eigenvalue weighted by molar-refractivity contribution is 14.1. The van der Waals surface area contributed by atoms with Crippen LogP contribution in [0.5, 0.6) is 0 Å². The molecule has 0 spiro atoms. The van der Waals surface area contributed by atoms with Gasteiger partial charge < -0.3 is 9.55 Å². The predicted octanol–water partition coefficient (Wildman–Crippen LogP) is 4.59. The molecule has 28 heavy (non-hydrogen) atoms. The van der Waals surface area contributed by atoms with Crippen molar-refractivity contribution in [2.75, 3.05) is 0 Å². The number of nitrogens with zero attached hydrogens (tertiary/aromatic N) is 3. The molecule has 0 aromatic carbocycles. The minimum atomic E-state index is -0.169. The van der Waals surface area contributed by atoms with Crippen LogP contribution in [0.15, 0.2) is 41.3 Å². The SMILES string of the molecule is FC1=CCC(=c2nc(I)n(C3CCCCC3)c2=C2CC=Nc3[nH]ccc32)C=C1. The van der Waals surface area contributed by atoms with Crippen molar-refractivity contribution in [1.82, 2.24) is 14.5 Å². The minimum absolute atomic E-state index is 0.169. The fraction of sp³-hybridized carbons (Fsp3) is 0.364. The van der Waals surface area contributed by atoms with Crippen molar-refractivity contribution in [2.45, 2.75) is 51.0 Å². The molecular formula is C22H22FIN4. The van der Waals surface area contributed by atoms with Crippen molar-refractivity contribution in [1.29, 1.82) is 0 Å². The number of aromatic nitrogens is 3. The highest BCUT2D eigenvalue weighted by Crippen LogP contribution is 2.31. The Balaban J connectivity index is 1.84. The lowest BCUT2D eigenvalue weighted by molar-refractivity contribution is 0.343. The maximum absolute atomic E-state index is 13.6. The molecule has 0 unspecified atom stereocenters. The number of nitrogens with one attached hydrogen (secondary N) is 1. The van der Waals surface area contributed by atoms with Crippen LogP contribution in [0.25, 0.3) is 11.1 Å². The summed E-state index contributed by atoms with van der Waals surface area (Å²) in [5.41, 5.74) is 3.49. The summed E-state index contributed by atoms with van der Waals surface area (Å²) in [6.45, 7) is 0. The summed E-state index contributed by atoms with van der Waals surface area (Å²) in [5.74, 6) is 0.741. The number of halogens is 2. The summed E-state index contributed by atoms with van der Waals surface area (Å²) in [4.78, 5) is 12.8. The molecule has 3 heterocycles. The van der Waals surface area contributed by atoms with Crippen LogP contribution in [0, 0.1) is 3.83 Å². The van der Waals surface area contributed by atoms with Crippen LogP contribution in [0.4, 0.5) is 10.2 Å². The van der Waals surface area contributed by atoms with Crippen LogP contribution in [-0.2, 0) is 0 Å². The smallest absolute Gasteiger partial charge is 0.172 e. The normalized spacial score (nSPS) is 23.7. The first-order valence-electron chi connectivity index (χ1n) is 9.96. The van der Waals surface area contributed by atoms with Crippen LogP contribution in [-0.4, -0.2) is 20.7 Å². The lowest BCUT2D eigenvalue weighted by Gasteiger charge is -2.25. The first kappa shape index (κ1) is 18.1. The Kier molecular flexibility index (Phi) is 4.82. The number of aliphatic imine (C=N–C) groups is 1. The molecule has 1 N–H and O–H groups in total. The monoisotopic (exact) mass is 488 g/mol. The summed E-state index contributed by atoms with van der Waals surface area (Å²) in [6, 6.07) is 2.59. The molecule has 144 valence electrons. The third kappa shape index (κ3) is 3.11. The summed E-state index contributed by atoms with van der Waals surface area (Å²) in [7, 11) is 0. The van der Waals surface area contributed by atoms with Gasteiger partial charge in [0, 0.05) is 30.4 Å². The first-order valence-corrected chi connectivity index (χ1v) is 11.0. The van der Waals surface area contributed by atoms with Crippen LogP contribution in [0.2, 0.25) is 0 Å². The van der Waals surface area contributed by atoms with E-state index >= 15 is 0 Å². The standard InChI is InChI=1S/C22H22FIN4/c23-15-8-6-14(7-9-15)19-20(17-10-12-25-21-18(17)11-13-26-21)28(22(24)27-19)16-4-2-1-3-5-16/h6,8-9,11-13,16,26H,1-5,7,10H2. The molecule has 2 aromatic heterocycles. The van der Waals surface area contributed by atoms with E-state index in [2.05, 4.69) is 43.2 Å². The number of fused-ring (bicyclic) bond motifs is 1. The average Bonchev–Trinajstić information content (AvgIpc) is 3.33. The van der Waals surface area contributed by atoms with Crippen LogP contribution >= 0.6 is 22.6 Å². The van der Waals surface area contributed by atoms with Crippen molar-refractivity contribution in [2.24, 2.45) is 4.99 Å². The molecule has 1 saturated carbocycles. The highest BCUT2D eigenvalue weighted by atomic mass is 127. The largest absolute Gasteiger partial charge is 0.346 e. The maximum atomic E-state index is 13.6. The summed E-state index contributed by atoms with van der Waals surface area (Å²) >= 11 is 2.37. The van der Waals surface area contributed by atoms with Gasteiger partial charge in [0.25, 0.3) is 0 Å². The molecule has 0 bridgehead atoms. The molecule has 3 aliphatic rings. The summed E-state index contributed by atoms with van der Waals surface area (Å²) in [5, 5.41) is 2.19. The van der Waals surface area contributed by atoms with Crippen molar-refractivity contribution >= 4 is 45.8 Å². The van der Waals surface area contributed by atoms with E-state index in [1.54, 1.807) is 12.2 Å². The van der Waals surface area contributed by atoms with E-state index in [0.717, 1.165) is 32.6 Å². The number of rotatable bonds is 1. The zero-order valence-corrected chi connectivity index (χ0v) is 17.7. The van der Waals surface area contributed by atoms with Crippen LogP contribution in [0.1, 0.15) is 56.6 Å². The Bertz CT molecular complexity index is 1130. The van der Waals surface area contributed by atoms with E-state index < -0.39 is 0 Å². The van der Waals surface area contributed by atoms with E-state index in [9.17, 15) is 4.39 Å². The average molecular weight is 488 g/mol. The van der Waals surface area contributed by atoms with Gasteiger partial charge in [-0.2, -0.15) is 0 Å². The Morgan fingerprint density at radius 3 is 2.79 bits per heavy atom.